The fraction of sp³-hybridized carbons (Fsp3) is 0.120. The zero-order valence-electron chi connectivity index (χ0n) is 17.9. The standard InChI is InChI=1S/C25H22N2O5/c1-30-17-8-6-7-16(13-17)27-15-21(19-9-4-5-10-20(19)25(27)29)24(28)26-22-14-18(31-2)11-12-23(22)32-3/h4-15H,1-3H3,(H,26,28). The highest BCUT2D eigenvalue weighted by Crippen LogP contribution is 2.30. The first-order valence-corrected chi connectivity index (χ1v) is 9.88. The van der Waals surface area contributed by atoms with Crippen LogP contribution < -0.4 is 25.1 Å². The molecule has 1 aromatic heterocycles. The molecule has 0 unspecified atom stereocenters. The van der Waals surface area contributed by atoms with Crippen molar-refractivity contribution in [2.45, 2.75) is 0 Å². The molecule has 1 amide bonds. The number of pyridine rings is 1. The van der Waals surface area contributed by atoms with Crippen LogP contribution in [0.5, 0.6) is 17.2 Å². The van der Waals surface area contributed by atoms with E-state index in [2.05, 4.69) is 5.32 Å². The Morgan fingerprint density at radius 3 is 2.25 bits per heavy atom. The number of hydrogen-bond donors (Lipinski definition) is 1. The second-order valence-corrected chi connectivity index (χ2v) is 6.99. The summed E-state index contributed by atoms with van der Waals surface area (Å²) in [7, 11) is 4.63. The van der Waals surface area contributed by atoms with E-state index in [0.29, 0.717) is 45.0 Å². The van der Waals surface area contributed by atoms with Crippen LogP contribution in [0.3, 0.4) is 0 Å². The van der Waals surface area contributed by atoms with Crippen molar-refractivity contribution in [3.8, 4) is 22.9 Å². The Bertz CT molecular complexity index is 1360. The maximum Gasteiger partial charge on any atom is 0.262 e. The van der Waals surface area contributed by atoms with Gasteiger partial charge < -0.3 is 19.5 Å². The smallest absolute Gasteiger partial charge is 0.262 e. The molecule has 0 atom stereocenters. The Morgan fingerprint density at radius 1 is 0.812 bits per heavy atom. The highest BCUT2D eigenvalue weighted by molar-refractivity contribution is 6.13. The number of aromatic nitrogens is 1. The number of nitrogens with one attached hydrogen (secondary N) is 1. The Kier molecular flexibility index (Phi) is 5.81. The van der Waals surface area contributed by atoms with Crippen LogP contribution in [0.2, 0.25) is 0 Å². The van der Waals surface area contributed by atoms with Crippen molar-refractivity contribution in [1.29, 1.82) is 0 Å². The first kappa shape index (κ1) is 21.0. The normalized spacial score (nSPS) is 10.6. The van der Waals surface area contributed by atoms with E-state index < -0.39 is 0 Å². The van der Waals surface area contributed by atoms with E-state index in [9.17, 15) is 9.59 Å². The number of fused-ring (bicyclic) bond motifs is 1. The molecule has 3 aromatic carbocycles. The molecule has 0 aliphatic rings. The van der Waals surface area contributed by atoms with Gasteiger partial charge in [0.05, 0.1) is 38.3 Å². The van der Waals surface area contributed by atoms with Gasteiger partial charge in [-0.25, -0.2) is 0 Å². The van der Waals surface area contributed by atoms with Gasteiger partial charge in [-0.05, 0) is 30.3 Å². The third kappa shape index (κ3) is 3.88. The number of hydrogen-bond acceptors (Lipinski definition) is 5. The fourth-order valence-corrected chi connectivity index (χ4v) is 3.53. The minimum atomic E-state index is -0.385. The topological polar surface area (TPSA) is 78.8 Å². The van der Waals surface area contributed by atoms with Gasteiger partial charge in [-0.15, -0.1) is 0 Å². The van der Waals surface area contributed by atoms with Gasteiger partial charge in [-0.1, -0.05) is 24.3 Å². The van der Waals surface area contributed by atoms with E-state index in [1.54, 1.807) is 87.1 Å². The molecular weight excluding hydrogens is 408 g/mol. The molecule has 0 bridgehead atoms. The van der Waals surface area contributed by atoms with E-state index in [4.69, 9.17) is 14.2 Å². The van der Waals surface area contributed by atoms with E-state index in [1.165, 1.54) is 11.7 Å². The number of anilines is 1. The molecule has 7 nitrogen and oxygen atoms in total. The van der Waals surface area contributed by atoms with Crippen molar-refractivity contribution in [3.63, 3.8) is 0 Å². The lowest BCUT2D eigenvalue weighted by molar-refractivity contribution is 0.102. The predicted octanol–water partition coefficient (Wildman–Crippen LogP) is 4.27. The fourth-order valence-electron chi connectivity index (χ4n) is 3.53. The van der Waals surface area contributed by atoms with Crippen LogP contribution in [0.4, 0.5) is 5.69 Å². The van der Waals surface area contributed by atoms with Crippen molar-refractivity contribution in [1.82, 2.24) is 4.57 Å². The van der Waals surface area contributed by atoms with Crippen LogP contribution in [0.1, 0.15) is 10.4 Å². The van der Waals surface area contributed by atoms with Crippen LogP contribution in [-0.4, -0.2) is 31.8 Å². The summed E-state index contributed by atoms with van der Waals surface area (Å²) < 4.78 is 17.4. The number of benzene rings is 3. The summed E-state index contributed by atoms with van der Waals surface area (Å²) in [6, 6.07) is 19.3. The second-order valence-electron chi connectivity index (χ2n) is 6.99. The molecule has 0 saturated carbocycles. The average molecular weight is 430 g/mol. The minimum Gasteiger partial charge on any atom is -0.497 e. The molecule has 0 aliphatic heterocycles. The van der Waals surface area contributed by atoms with Crippen LogP contribution in [-0.2, 0) is 0 Å². The average Bonchev–Trinajstić information content (AvgIpc) is 2.84. The van der Waals surface area contributed by atoms with Gasteiger partial charge in [-0.3, -0.25) is 14.2 Å². The van der Waals surface area contributed by atoms with Gasteiger partial charge in [0.25, 0.3) is 11.5 Å². The number of methoxy groups -OCH3 is 3. The molecule has 0 aliphatic carbocycles. The number of carbonyl (C=O) groups excluding carboxylic acids is 1. The Hall–Kier alpha value is -4.26. The number of nitrogens with zero attached hydrogens (tertiary/aromatic N) is 1. The molecular formula is C25H22N2O5. The molecule has 0 fully saturated rings. The van der Waals surface area contributed by atoms with Crippen LogP contribution >= 0.6 is 0 Å². The van der Waals surface area contributed by atoms with Crippen molar-refractivity contribution >= 4 is 22.4 Å². The Morgan fingerprint density at radius 2 is 1.53 bits per heavy atom. The first-order valence-electron chi connectivity index (χ1n) is 9.88. The van der Waals surface area contributed by atoms with Gasteiger partial charge in [0, 0.05) is 29.1 Å². The summed E-state index contributed by atoms with van der Waals surface area (Å²) in [5.41, 5.74) is 1.16. The maximum atomic E-state index is 13.4. The van der Waals surface area contributed by atoms with E-state index in [1.807, 2.05) is 0 Å². The lowest BCUT2D eigenvalue weighted by Gasteiger charge is -2.15. The van der Waals surface area contributed by atoms with Gasteiger partial charge in [0.15, 0.2) is 0 Å². The van der Waals surface area contributed by atoms with E-state index in [-0.39, 0.29) is 11.5 Å². The molecule has 4 rings (SSSR count). The van der Waals surface area contributed by atoms with Gasteiger partial charge >= 0.3 is 0 Å². The van der Waals surface area contributed by atoms with Crippen LogP contribution in [0.25, 0.3) is 16.5 Å². The summed E-state index contributed by atoms with van der Waals surface area (Å²) >= 11 is 0. The minimum absolute atomic E-state index is 0.232. The third-order valence-electron chi connectivity index (χ3n) is 5.16. The SMILES string of the molecule is COc1cccc(-n2cc(C(=O)Nc3cc(OC)ccc3OC)c3ccccc3c2=O)c1. The summed E-state index contributed by atoms with van der Waals surface area (Å²) in [6.45, 7) is 0. The second kappa shape index (κ2) is 8.85. The maximum absolute atomic E-state index is 13.4. The highest BCUT2D eigenvalue weighted by Gasteiger charge is 2.18. The molecule has 0 spiro atoms. The monoisotopic (exact) mass is 430 g/mol. The third-order valence-corrected chi connectivity index (χ3v) is 5.16. The molecule has 4 aromatic rings. The Labute approximate surface area is 184 Å². The lowest BCUT2D eigenvalue weighted by Crippen LogP contribution is -2.22. The van der Waals surface area contributed by atoms with E-state index in [0.717, 1.165) is 0 Å². The van der Waals surface area contributed by atoms with Crippen LogP contribution in [0, 0.1) is 0 Å². The molecule has 7 heteroatoms. The zero-order chi connectivity index (χ0) is 22.7. The molecule has 0 saturated heterocycles. The van der Waals surface area contributed by atoms with Crippen molar-refractivity contribution in [3.05, 3.63) is 88.8 Å². The van der Waals surface area contributed by atoms with Gasteiger partial charge in [0.1, 0.15) is 17.2 Å². The van der Waals surface area contributed by atoms with Crippen LogP contribution in [0.15, 0.2) is 77.7 Å². The Balaban J connectivity index is 1.86. The molecule has 162 valence electrons. The number of carbonyl (C=O) groups is 1. The first-order chi connectivity index (χ1) is 15.5. The molecule has 1 N–H and O–H groups in total. The highest BCUT2D eigenvalue weighted by atomic mass is 16.5. The van der Waals surface area contributed by atoms with Gasteiger partial charge in [-0.2, -0.15) is 0 Å². The number of amides is 1. The van der Waals surface area contributed by atoms with Crippen molar-refractivity contribution in [2.75, 3.05) is 26.6 Å². The molecule has 1 heterocycles. The van der Waals surface area contributed by atoms with Crippen molar-refractivity contribution in [2.24, 2.45) is 0 Å². The summed E-state index contributed by atoms with van der Waals surface area (Å²) in [4.78, 5) is 26.6. The zero-order valence-corrected chi connectivity index (χ0v) is 17.9. The number of ether oxygens (including phenoxy) is 3. The molecule has 32 heavy (non-hydrogen) atoms. The predicted molar refractivity (Wildman–Crippen MR) is 124 cm³/mol. The largest absolute Gasteiger partial charge is 0.497 e. The van der Waals surface area contributed by atoms with Crippen molar-refractivity contribution < 1.29 is 19.0 Å². The number of rotatable bonds is 6. The van der Waals surface area contributed by atoms with Gasteiger partial charge in [0.2, 0.25) is 0 Å². The summed E-state index contributed by atoms with van der Waals surface area (Å²) in [6.07, 6.45) is 1.54. The van der Waals surface area contributed by atoms with E-state index >= 15 is 0 Å². The molecule has 0 radical (unpaired) electrons. The summed E-state index contributed by atoms with van der Waals surface area (Å²) in [5, 5.41) is 3.86. The summed E-state index contributed by atoms with van der Waals surface area (Å²) in [5.74, 6) is 1.29. The lowest BCUT2D eigenvalue weighted by atomic mass is 10.1. The quantitative estimate of drug-likeness (QED) is 0.494.